The highest BCUT2D eigenvalue weighted by Gasteiger charge is 2.48. The molecule has 3 nitrogen and oxygen atoms in total. The maximum Gasteiger partial charge on any atom is 0.416 e. The van der Waals surface area contributed by atoms with Crippen LogP contribution in [-0.2, 0) is 6.18 Å². The van der Waals surface area contributed by atoms with E-state index in [2.05, 4.69) is 4.90 Å². The minimum absolute atomic E-state index is 0.125. The Balaban J connectivity index is 1.82. The molecule has 2 aliphatic rings. The summed E-state index contributed by atoms with van der Waals surface area (Å²) in [7, 11) is 4.07. The zero-order valence-corrected chi connectivity index (χ0v) is 15.5. The summed E-state index contributed by atoms with van der Waals surface area (Å²) in [5.41, 5.74) is -0.504. The van der Waals surface area contributed by atoms with Gasteiger partial charge in [-0.25, -0.2) is 0 Å². The van der Waals surface area contributed by atoms with Crippen molar-refractivity contribution in [1.82, 2.24) is 9.80 Å². The van der Waals surface area contributed by atoms with E-state index in [-0.39, 0.29) is 16.9 Å². The second-order valence-electron chi connectivity index (χ2n) is 8.15. The lowest BCUT2D eigenvalue weighted by Crippen LogP contribution is -2.38. The summed E-state index contributed by atoms with van der Waals surface area (Å²) in [6.45, 7) is 2.21. The summed E-state index contributed by atoms with van der Waals surface area (Å²) in [6, 6.07) is 4.80. The molecule has 1 aliphatic carbocycles. The van der Waals surface area contributed by atoms with E-state index in [4.69, 9.17) is 0 Å². The molecule has 1 heterocycles. The third-order valence-electron chi connectivity index (χ3n) is 5.97. The Bertz CT molecular complexity index is 651. The van der Waals surface area contributed by atoms with Crippen LogP contribution in [0.25, 0.3) is 0 Å². The van der Waals surface area contributed by atoms with Gasteiger partial charge in [0.2, 0.25) is 0 Å². The normalized spacial score (nSPS) is 23.0. The van der Waals surface area contributed by atoms with Crippen molar-refractivity contribution in [3.8, 4) is 0 Å². The van der Waals surface area contributed by atoms with Gasteiger partial charge in [0, 0.05) is 25.2 Å². The van der Waals surface area contributed by atoms with Crippen LogP contribution in [-0.4, -0.2) is 49.4 Å². The van der Waals surface area contributed by atoms with Crippen LogP contribution >= 0.6 is 0 Å². The number of nitrogens with zero attached hydrogens (tertiary/aromatic N) is 2. The van der Waals surface area contributed by atoms with Crippen molar-refractivity contribution in [1.29, 1.82) is 0 Å². The summed E-state index contributed by atoms with van der Waals surface area (Å²) in [5, 5.41) is 0. The van der Waals surface area contributed by atoms with Gasteiger partial charge < -0.3 is 9.80 Å². The third kappa shape index (κ3) is 3.90. The lowest BCUT2D eigenvalue weighted by molar-refractivity contribution is -0.137. The molecule has 1 saturated heterocycles. The Labute approximate surface area is 153 Å². The number of alkyl halides is 3. The number of rotatable bonds is 3. The van der Waals surface area contributed by atoms with E-state index in [0.717, 1.165) is 31.5 Å². The van der Waals surface area contributed by atoms with Gasteiger partial charge in [-0.3, -0.25) is 4.79 Å². The van der Waals surface area contributed by atoms with Gasteiger partial charge in [-0.2, -0.15) is 13.2 Å². The zero-order valence-electron chi connectivity index (χ0n) is 15.5. The lowest BCUT2D eigenvalue weighted by atomic mass is 9.67. The summed E-state index contributed by atoms with van der Waals surface area (Å²) >= 11 is 0. The third-order valence-corrected chi connectivity index (χ3v) is 5.97. The number of hydrogen-bond donors (Lipinski definition) is 0. The average molecular weight is 368 g/mol. The fraction of sp³-hybridized carbons (Fsp3) is 0.650. The number of hydrogen-bond acceptors (Lipinski definition) is 2. The Kier molecular flexibility index (Phi) is 5.33. The smallest absolute Gasteiger partial charge is 0.338 e. The zero-order chi connectivity index (χ0) is 18.9. The number of amides is 1. The van der Waals surface area contributed by atoms with Crippen LogP contribution in [0.15, 0.2) is 24.3 Å². The van der Waals surface area contributed by atoms with Crippen LogP contribution in [0.4, 0.5) is 13.2 Å². The predicted octanol–water partition coefficient (Wildman–Crippen LogP) is 4.29. The Morgan fingerprint density at radius 2 is 1.92 bits per heavy atom. The molecule has 0 aromatic heterocycles. The molecule has 0 bridgehead atoms. The van der Waals surface area contributed by atoms with E-state index < -0.39 is 11.7 Å². The molecule has 3 rings (SSSR count). The molecular formula is C20H27F3N2O. The summed E-state index contributed by atoms with van der Waals surface area (Å²) in [6.07, 6.45) is 1.37. The van der Waals surface area contributed by atoms with E-state index in [1.54, 1.807) is 4.90 Å². The van der Waals surface area contributed by atoms with Crippen molar-refractivity contribution in [2.75, 3.05) is 33.7 Å². The molecule has 1 amide bonds. The second-order valence-corrected chi connectivity index (χ2v) is 8.15. The highest BCUT2D eigenvalue weighted by atomic mass is 19.4. The first-order valence-corrected chi connectivity index (χ1v) is 9.32. The molecule has 144 valence electrons. The van der Waals surface area contributed by atoms with Gasteiger partial charge in [0.25, 0.3) is 5.91 Å². The SMILES string of the molecule is CN(C)CC1CN(C(=O)c2cccc(C(F)(F)F)c2)CC12CCCCC2. The fourth-order valence-corrected chi connectivity index (χ4v) is 4.71. The number of carbonyl (C=O) groups excluding carboxylic acids is 1. The quantitative estimate of drug-likeness (QED) is 0.795. The average Bonchev–Trinajstić information content (AvgIpc) is 2.91. The van der Waals surface area contributed by atoms with Crippen molar-refractivity contribution in [2.45, 2.75) is 38.3 Å². The van der Waals surface area contributed by atoms with Crippen LogP contribution in [0.2, 0.25) is 0 Å². The van der Waals surface area contributed by atoms with Gasteiger partial charge in [-0.05, 0) is 56.5 Å². The Hall–Kier alpha value is -1.56. The van der Waals surface area contributed by atoms with E-state index in [0.29, 0.717) is 19.0 Å². The summed E-state index contributed by atoms with van der Waals surface area (Å²) in [4.78, 5) is 16.9. The fourth-order valence-electron chi connectivity index (χ4n) is 4.71. The second kappa shape index (κ2) is 7.22. The lowest BCUT2D eigenvalue weighted by Gasteiger charge is -2.39. The molecule has 0 N–H and O–H groups in total. The summed E-state index contributed by atoms with van der Waals surface area (Å²) < 4.78 is 38.9. The molecule has 0 radical (unpaired) electrons. The predicted molar refractivity (Wildman–Crippen MR) is 94.9 cm³/mol. The molecule has 2 fully saturated rings. The monoisotopic (exact) mass is 368 g/mol. The van der Waals surface area contributed by atoms with E-state index in [9.17, 15) is 18.0 Å². The van der Waals surface area contributed by atoms with E-state index >= 15 is 0 Å². The van der Waals surface area contributed by atoms with Crippen LogP contribution in [0.5, 0.6) is 0 Å². The molecule has 1 aromatic rings. The number of likely N-dealkylation sites (tertiary alicyclic amines) is 1. The molecule has 26 heavy (non-hydrogen) atoms. The van der Waals surface area contributed by atoms with Crippen LogP contribution < -0.4 is 0 Å². The van der Waals surface area contributed by atoms with Gasteiger partial charge in [0.05, 0.1) is 5.56 Å². The van der Waals surface area contributed by atoms with Crippen molar-refractivity contribution < 1.29 is 18.0 Å². The number of halogens is 3. The van der Waals surface area contributed by atoms with E-state index in [1.807, 2.05) is 14.1 Å². The molecule has 1 saturated carbocycles. The van der Waals surface area contributed by atoms with Gasteiger partial charge in [0.15, 0.2) is 0 Å². The molecule has 1 aromatic carbocycles. The highest BCUT2D eigenvalue weighted by molar-refractivity contribution is 5.94. The maximum atomic E-state index is 13.0. The first kappa shape index (κ1) is 19.2. The van der Waals surface area contributed by atoms with Gasteiger partial charge in [0.1, 0.15) is 0 Å². The minimum Gasteiger partial charge on any atom is -0.338 e. The van der Waals surface area contributed by atoms with Crippen LogP contribution in [0.3, 0.4) is 0 Å². The van der Waals surface area contributed by atoms with Crippen LogP contribution in [0, 0.1) is 11.3 Å². The highest BCUT2D eigenvalue weighted by Crippen LogP contribution is 2.48. The molecule has 1 atom stereocenters. The molecule has 1 aliphatic heterocycles. The minimum atomic E-state index is -4.43. The topological polar surface area (TPSA) is 23.6 Å². The largest absolute Gasteiger partial charge is 0.416 e. The first-order valence-electron chi connectivity index (χ1n) is 9.32. The van der Waals surface area contributed by atoms with Gasteiger partial charge >= 0.3 is 6.18 Å². The first-order chi connectivity index (χ1) is 12.2. The van der Waals surface area contributed by atoms with E-state index in [1.165, 1.54) is 31.4 Å². The van der Waals surface area contributed by atoms with Gasteiger partial charge in [-0.1, -0.05) is 25.3 Å². The molecular weight excluding hydrogens is 341 g/mol. The van der Waals surface area contributed by atoms with Gasteiger partial charge in [-0.15, -0.1) is 0 Å². The number of carbonyl (C=O) groups is 1. The molecule has 6 heteroatoms. The number of benzene rings is 1. The Morgan fingerprint density at radius 3 is 2.54 bits per heavy atom. The molecule has 1 spiro atoms. The maximum absolute atomic E-state index is 13.0. The van der Waals surface area contributed by atoms with Crippen molar-refractivity contribution >= 4 is 5.91 Å². The Morgan fingerprint density at radius 1 is 1.23 bits per heavy atom. The van der Waals surface area contributed by atoms with Crippen molar-refractivity contribution in [3.63, 3.8) is 0 Å². The summed E-state index contributed by atoms with van der Waals surface area (Å²) in [5.74, 6) is 0.106. The van der Waals surface area contributed by atoms with Crippen molar-refractivity contribution in [3.05, 3.63) is 35.4 Å². The van der Waals surface area contributed by atoms with Crippen molar-refractivity contribution in [2.24, 2.45) is 11.3 Å². The standard InChI is InChI=1S/C20H27F3N2O/c1-24(2)12-17-13-25(14-19(17)9-4-3-5-10-19)18(26)15-7-6-8-16(11-15)20(21,22)23/h6-8,11,17H,3-5,9-10,12-14H2,1-2H3. The van der Waals surface area contributed by atoms with Crippen LogP contribution in [0.1, 0.15) is 48.0 Å². The molecule has 1 unspecified atom stereocenters.